The molecule has 0 aliphatic heterocycles. The molecule has 0 atom stereocenters. The van der Waals surface area contributed by atoms with Crippen molar-refractivity contribution in [1.29, 1.82) is 5.41 Å². The summed E-state index contributed by atoms with van der Waals surface area (Å²) in [5, 5.41) is 7.88. The first-order valence-corrected chi connectivity index (χ1v) is 8.72. The van der Waals surface area contributed by atoms with Crippen molar-refractivity contribution >= 4 is 11.3 Å². The number of hydrogen-bond acceptors (Lipinski definition) is 7. The van der Waals surface area contributed by atoms with Crippen LogP contribution in [0.1, 0.15) is 0 Å². The summed E-state index contributed by atoms with van der Waals surface area (Å²) in [7, 11) is -4.69. The SMILES string of the molecule is N=c1nc(-c2ccccc2)cc(-c2ccccc2)s1.[O-][Cl+3]([O-])([O-])O. The van der Waals surface area contributed by atoms with E-state index < -0.39 is 10.2 Å². The maximum absolute atomic E-state index is 8.60. The Labute approximate surface area is 144 Å². The topological polar surface area (TPSA) is 126 Å². The predicted octanol–water partition coefficient (Wildman–Crippen LogP) is -0.167. The lowest BCUT2D eigenvalue weighted by atomic mass is 10.1. The first-order valence-electron chi connectivity index (χ1n) is 6.64. The fraction of sp³-hybridized carbons (Fsp3) is 0. The average Bonchev–Trinajstić information content (AvgIpc) is 2.54. The van der Waals surface area contributed by atoms with Gasteiger partial charge in [-0.25, -0.2) is 4.98 Å². The van der Waals surface area contributed by atoms with Crippen LogP contribution in [0.4, 0.5) is 0 Å². The molecule has 0 spiro atoms. The van der Waals surface area contributed by atoms with Crippen LogP contribution in [0.5, 0.6) is 0 Å². The van der Waals surface area contributed by atoms with E-state index in [1.807, 2.05) is 54.6 Å². The lowest BCUT2D eigenvalue weighted by molar-refractivity contribution is -1.92. The molecule has 6 nitrogen and oxygen atoms in total. The van der Waals surface area contributed by atoms with E-state index in [4.69, 9.17) is 24.0 Å². The van der Waals surface area contributed by atoms with Crippen molar-refractivity contribution in [1.82, 2.24) is 4.98 Å². The molecule has 3 rings (SSSR count). The van der Waals surface area contributed by atoms with Crippen molar-refractivity contribution in [3.8, 4) is 21.7 Å². The third kappa shape index (κ3) is 6.17. The van der Waals surface area contributed by atoms with Gasteiger partial charge in [-0.3, -0.25) is 5.41 Å². The lowest BCUT2D eigenvalue weighted by Crippen LogP contribution is -2.58. The molecule has 0 radical (unpaired) electrons. The maximum atomic E-state index is 8.60. The zero-order chi connectivity index (χ0) is 17.6. The van der Waals surface area contributed by atoms with Gasteiger partial charge in [-0.05, 0) is 11.6 Å². The number of hydrogen-bond donors (Lipinski definition) is 2. The smallest absolute Gasteiger partial charge is 0.202 e. The van der Waals surface area contributed by atoms with Gasteiger partial charge in [0.05, 0.1) is 20.6 Å². The summed E-state index contributed by atoms with van der Waals surface area (Å²) in [6.45, 7) is 0. The molecule has 8 heteroatoms. The van der Waals surface area contributed by atoms with Crippen LogP contribution in [0.15, 0.2) is 66.7 Å². The largest absolute Gasteiger partial charge is 0.274 e. The van der Waals surface area contributed by atoms with Gasteiger partial charge in [0.2, 0.25) is 4.80 Å². The van der Waals surface area contributed by atoms with Gasteiger partial charge < -0.3 is 0 Å². The van der Waals surface area contributed by atoms with E-state index in [1.54, 1.807) is 0 Å². The first kappa shape index (κ1) is 18.2. The zero-order valence-corrected chi connectivity index (χ0v) is 13.8. The molecule has 0 amide bonds. The molecule has 0 aliphatic carbocycles. The number of benzene rings is 2. The molecule has 0 saturated heterocycles. The van der Waals surface area contributed by atoms with Gasteiger partial charge in [0, 0.05) is 10.4 Å². The summed E-state index contributed by atoms with van der Waals surface area (Å²) < 4.78 is 32.7. The summed E-state index contributed by atoms with van der Waals surface area (Å²) in [5.41, 5.74) is 3.02. The van der Waals surface area contributed by atoms with Crippen molar-refractivity contribution < 1.29 is 28.9 Å². The molecule has 0 unspecified atom stereocenters. The van der Waals surface area contributed by atoms with Crippen molar-refractivity contribution in [2.24, 2.45) is 0 Å². The van der Waals surface area contributed by atoms with Gasteiger partial charge in [0.1, 0.15) is 0 Å². The molecule has 0 aliphatic rings. The molecule has 24 heavy (non-hydrogen) atoms. The Morgan fingerprint density at radius 3 is 1.83 bits per heavy atom. The number of rotatable bonds is 2. The number of halogens is 1. The van der Waals surface area contributed by atoms with Crippen molar-refractivity contribution in [2.45, 2.75) is 0 Å². The Morgan fingerprint density at radius 1 is 0.875 bits per heavy atom. The van der Waals surface area contributed by atoms with Gasteiger partial charge in [-0.15, -0.1) is 0 Å². The standard InChI is InChI=1S/C16H12N2S.ClHO4/c17-16-18-14(12-7-3-1-4-8-12)11-15(19-16)13-9-5-2-6-10-13;2-1(3,4)5/h1-11,17H;(H,2,3,4,5). The Balaban J connectivity index is 0.000000368. The highest BCUT2D eigenvalue weighted by atomic mass is 35.7. The molecule has 2 aromatic carbocycles. The molecule has 0 saturated carbocycles. The highest BCUT2D eigenvalue weighted by Gasteiger charge is 2.04. The highest BCUT2D eigenvalue weighted by Crippen LogP contribution is 2.25. The predicted molar refractivity (Wildman–Crippen MR) is 81.1 cm³/mol. The van der Waals surface area contributed by atoms with Gasteiger partial charge >= 0.3 is 0 Å². The summed E-state index contributed by atoms with van der Waals surface area (Å²) in [6, 6.07) is 22.2. The first-order chi connectivity index (χ1) is 11.3. The normalized spacial score (nSPS) is 10.7. The van der Waals surface area contributed by atoms with E-state index in [1.165, 1.54) is 11.3 Å². The van der Waals surface area contributed by atoms with E-state index in [-0.39, 0.29) is 0 Å². The van der Waals surface area contributed by atoms with Crippen LogP contribution in [-0.4, -0.2) is 9.64 Å². The fourth-order valence-corrected chi connectivity index (χ4v) is 2.70. The average molecular weight is 365 g/mol. The molecule has 1 heterocycles. The van der Waals surface area contributed by atoms with Crippen LogP contribution in [0, 0.1) is 15.7 Å². The lowest BCUT2D eigenvalue weighted by Gasteiger charge is -2.04. The van der Waals surface area contributed by atoms with Crippen LogP contribution >= 0.6 is 11.3 Å². The second-order valence-electron chi connectivity index (χ2n) is 4.54. The quantitative estimate of drug-likeness (QED) is 0.653. The Morgan fingerprint density at radius 2 is 1.33 bits per heavy atom. The molecule has 3 aromatic rings. The van der Waals surface area contributed by atoms with Crippen molar-refractivity contribution in [2.75, 3.05) is 0 Å². The minimum absolute atomic E-state index is 0.334. The van der Waals surface area contributed by atoms with E-state index in [2.05, 4.69) is 17.1 Å². The van der Waals surface area contributed by atoms with E-state index in [0.717, 1.165) is 21.7 Å². The summed E-state index contributed by atoms with van der Waals surface area (Å²) >= 11 is 1.39. The van der Waals surface area contributed by atoms with Gasteiger partial charge in [0.25, 0.3) is 0 Å². The molecule has 1 aromatic heterocycles. The zero-order valence-electron chi connectivity index (χ0n) is 12.3. The Hall–Kier alpha value is -2.13. The minimum atomic E-state index is -4.69. The van der Waals surface area contributed by atoms with E-state index in [0.29, 0.717) is 4.80 Å². The van der Waals surface area contributed by atoms with E-state index in [9.17, 15) is 0 Å². The highest BCUT2D eigenvalue weighted by molar-refractivity contribution is 7.12. The van der Waals surface area contributed by atoms with Crippen molar-refractivity contribution in [3.63, 3.8) is 0 Å². The molecular formula is C16H13ClN2O4S. The Bertz CT molecular complexity index is 769. The van der Waals surface area contributed by atoms with E-state index >= 15 is 0 Å². The molecule has 2 N–H and O–H groups in total. The second kappa shape index (κ2) is 8.11. The van der Waals surface area contributed by atoms with Gasteiger partial charge in [-0.1, -0.05) is 72.0 Å². The summed E-state index contributed by atoms with van der Waals surface area (Å²) in [4.78, 5) is 5.72. The van der Waals surface area contributed by atoms with Crippen molar-refractivity contribution in [3.05, 3.63) is 71.5 Å². The second-order valence-corrected chi connectivity index (χ2v) is 6.36. The molecule has 0 bridgehead atoms. The molecule has 124 valence electrons. The Kier molecular flexibility index (Phi) is 6.16. The monoisotopic (exact) mass is 364 g/mol. The minimum Gasteiger partial charge on any atom is -0.274 e. The van der Waals surface area contributed by atoms with Crippen LogP contribution < -0.4 is 18.8 Å². The van der Waals surface area contributed by atoms with Gasteiger partial charge in [-0.2, -0.15) is 14.0 Å². The van der Waals surface area contributed by atoms with Crippen LogP contribution in [0.25, 0.3) is 21.7 Å². The maximum Gasteiger partial charge on any atom is 0.202 e. The molecule has 0 fully saturated rings. The fourth-order valence-electron chi connectivity index (χ4n) is 1.92. The summed E-state index contributed by atoms with van der Waals surface area (Å²) in [6.07, 6.45) is 0. The molecular weight excluding hydrogens is 352 g/mol. The number of nitrogens with zero attached hydrogens (tertiary/aromatic N) is 1. The number of aromatic nitrogens is 1. The summed E-state index contributed by atoms with van der Waals surface area (Å²) in [5.74, 6) is 0. The van der Waals surface area contributed by atoms with Crippen LogP contribution in [-0.2, 0) is 0 Å². The third-order valence-electron chi connectivity index (χ3n) is 2.82. The van der Waals surface area contributed by atoms with Gasteiger partial charge in [0.15, 0.2) is 0 Å². The van der Waals surface area contributed by atoms with Crippen LogP contribution in [0.2, 0.25) is 0 Å². The number of nitrogens with one attached hydrogen (secondary N) is 1. The van der Waals surface area contributed by atoms with Crippen LogP contribution in [0.3, 0.4) is 0 Å². The third-order valence-corrected chi connectivity index (χ3v) is 3.68.